The van der Waals surface area contributed by atoms with Crippen LogP contribution in [0.15, 0.2) is 29.2 Å². The molecule has 1 amide bonds. The van der Waals surface area contributed by atoms with Gasteiger partial charge in [0.2, 0.25) is 0 Å². The quantitative estimate of drug-likeness (QED) is 0.779. The van der Waals surface area contributed by atoms with Crippen LogP contribution in [0, 0.1) is 0 Å². The van der Waals surface area contributed by atoms with E-state index in [4.69, 9.17) is 5.11 Å². The summed E-state index contributed by atoms with van der Waals surface area (Å²) in [4.78, 5) is 13.1. The van der Waals surface area contributed by atoms with E-state index >= 15 is 0 Å². The normalized spacial score (nSPS) is 12.5. The monoisotopic (exact) mass is 267 g/mol. The molecule has 0 bridgehead atoms. The topological polar surface area (TPSA) is 49.3 Å². The fourth-order valence-electron chi connectivity index (χ4n) is 1.55. The SMILES string of the molecule is CCC(CO)NC(=O)c1ccccc1SC(C)C. The van der Waals surface area contributed by atoms with Gasteiger partial charge in [-0.2, -0.15) is 0 Å². The summed E-state index contributed by atoms with van der Waals surface area (Å²) >= 11 is 1.67. The third-order valence-electron chi connectivity index (χ3n) is 2.54. The summed E-state index contributed by atoms with van der Waals surface area (Å²) in [6.45, 7) is 6.11. The van der Waals surface area contributed by atoms with E-state index in [9.17, 15) is 4.79 Å². The molecule has 1 unspecified atom stereocenters. The van der Waals surface area contributed by atoms with Gasteiger partial charge in [0.1, 0.15) is 0 Å². The van der Waals surface area contributed by atoms with Crippen LogP contribution in [0.1, 0.15) is 37.6 Å². The van der Waals surface area contributed by atoms with Crippen LogP contribution >= 0.6 is 11.8 Å². The van der Waals surface area contributed by atoms with Crippen molar-refractivity contribution in [1.29, 1.82) is 0 Å². The zero-order valence-electron chi connectivity index (χ0n) is 11.1. The number of amides is 1. The first-order chi connectivity index (χ1) is 8.58. The number of hydrogen-bond acceptors (Lipinski definition) is 3. The largest absolute Gasteiger partial charge is 0.394 e. The number of rotatable bonds is 6. The molecule has 4 heteroatoms. The Labute approximate surface area is 113 Å². The second-order valence-electron chi connectivity index (χ2n) is 4.42. The number of carbonyl (C=O) groups excluding carboxylic acids is 1. The molecule has 0 heterocycles. The van der Waals surface area contributed by atoms with Gasteiger partial charge in [0, 0.05) is 10.1 Å². The van der Waals surface area contributed by atoms with Crippen molar-refractivity contribution in [3.8, 4) is 0 Å². The second kappa shape index (κ2) is 7.44. The van der Waals surface area contributed by atoms with Gasteiger partial charge in [-0.1, -0.05) is 32.9 Å². The van der Waals surface area contributed by atoms with Crippen molar-refractivity contribution in [1.82, 2.24) is 5.32 Å². The zero-order chi connectivity index (χ0) is 13.5. The van der Waals surface area contributed by atoms with Crippen LogP contribution in [0.3, 0.4) is 0 Å². The van der Waals surface area contributed by atoms with Gasteiger partial charge in [-0.05, 0) is 18.6 Å². The van der Waals surface area contributed by atoms with E-state index in [0.29, 0.717) is 10.8 Å². The standard InChI is InChI=1S/C14H21NO2S/c1-4-11(9-16)15-14(17)12-7-5-6-8-13(12)18-10(2)3/h5-8,10-11,16H,4,9H2,1-3H3,(H,15,17). The van der Waals surface area contributed by atoms with Gasteiger partial charge < -0.3 is 10.4 Å². The van der Waals surface area contributed by atoms with E-state index in [1.807, 2.05) is 31.2 Å². The second-order valence-corrected chi connectivity index (χ2v) is 6.04. The van der Waals surface area contributed by atoms with E-state index < -0.39 is 0 Å². The highest BCUT2D eigenvalue weighted by Gasteiger charge is 2.15. The molecular weight excluding hydrogens is 246 g/mol. The first kappa shape index (κ1) is 15.1. The van der Waals surface area contributed by atoms with Crippen molar-refractivity contribution in [2.24, 2.45) is 0 Å². The molecule has 3 nitrogen and oxygen atoms in total. The first-order valence-corrected chi connectivity index (χ1v) is 7.13. The lowest BCUT2D eigenvalue weighted by molar-refractivity contribution is 0.0912. The van der Waals surface area contributed by atoms with Crippen molar-refractivity contribution in [2.45, 2.75) is 43.4 Å². The lowest BCUT2D eigenvalue weighted by Crippen LogP contribution is -2.37. The lowest BCUT2D eigenvalue weighted by atomic mass is 10.2. The maximum absolute atomic E-state index is 12.1. The van der Waals surface area contributed by atoms with Gasteiger partial charge in [0.25, 0.3) is 5.91 Å². The number of hydrogen-bond donors (Lipinski definition) is 2. The first-order valence-electron chi connectivity index (χ1n) is 6.25. The highest BCUT2D eigenvalue weighted by Crippen LogP contribution is 2.26. The molecule has 2 N–H and O–H groups in total. The Hall–Kier alpha value is -1.00. The van der Waals surface area contributed by atoms with E-state index in [1.165, 1.54) is 0 Å². The summed E-state index contributed by atoms with van der Waals surface area (Å²) < 4.78 is 0. The number of benzene rings is 1. The molecule has 1 aromatic carbocycles. The number of carbonyl (C=O) groups is 1. The molecule has 0 fully saturated rings. The molecule has 0 aliphatic carbocycles. The summed E-state index contributed by atoms with van der Waals surface area (Å²) in [7, 11) is 0. The number of aliphatic hydroxyl groups excluding tert-OH is 1. The van der Waals surface area contributed by atoms with E-state index in [2.05, 4.69) is 19.2 Å². The summed E-state index contributed by atoms with van der Waals surface area (Å²) in [5, 5.41) is 12.4. The molecule has 1 aromatic rings. The Balaban J connectivity index is 2.84. The van der Waals surface area contributed by atoms with Gasteiger partial charge in [0.05, 0.1) is 18.2 Å². The minimum absolute atomic E-state index is 0.0261. The Morgan fingerprint density at radius 2 is 2.06 bits per heavy atom. The van der Waals surface area contributed by atoms with Gasteiger partial charge in [-0.25, -0.2) is 0 Å². The predicted molar refractivity (Wildman–Crippen MR) is 76.1 cm³/mol. The van der Waals surface area contributed by atoms with Crippen LogP contribution in [-0.2, 0) is 0 Å². The number of thioether (sulfide) groups is 1. The minimum atomic E-state index is -0.172. The van der Waals surface area contributed by atoms with Crippen molar-refractivity contribution in [3.63, 3.8) is 0 Å². The Bertz CT molecular complexity index is 389. The van der Waals surface area contributed by atoms with Crippen LogP contribution in [0.4, 0.5) is 0 Å². The summed E-state index contributed by atoms with van der Waals surface area (Å²) in [6, 6.07) is 7.41. The van der Waals surface area contributed by atoms with Gasteiger partial charge >= 0.3 is 0 Å². The smallest absolute Gasteiger partial charge is 0.252 e. The Morgan fingerprint density at radius 3 is 2.61 bits per heavy atom. The molecule has 0 radical (unpaired) electrons. The van der Waals surface area contributed by atoms with Crippen molar-refractivity contribution < 1.29 is 9.90 Å². The van der Waals surface area contributed by atoms with Crippen LogP contribution in [-0.4, -0.2) is 28.9 Å². The summed E-state index contributed by atoms with van der Waals surface area (Å²) in [5.41, 5.74) is 0.683. The molecule has 100 valence electrons. The lowest BCUT2D eigenvalue weighted by Gasteiger charge is -2.16. The van der Waals surface area contributed by atoms with Crippen molar-refractivity contribution in [2.75, 3.05) is 6.61 Å². The molecule has 1 rings (SSSR count). The molecule has 0 aliphatic heterocycles. The van der Waals surface area contributed by atoms with Gasteiger partial charge in [-0.3, -0.25) is 4.79 Å². The highest BCUT2D eigenvalue weighted by molar-refractivity contribution is 8.00. The zero-order valence-corrected chi connectivity index (χ0v) is 12.0. The number of nitrogens with one attached hydrogen (secondary N) is 1. The van der Waals surface area contributed by atoms with E-state index in [1.54, 1.807) is 11.8 Å². The molecule has 18 heavy (non-hydrogen) atoms. The van der Waals surface area contributed by atoms with E-state index in [-0.39, 0.29) is 18.6 Å². The van der Waals surface area contributed by atoms with Crippen LogP contribution < -0.4 is 5.32 Å². The minimum Gasteiger partial charge on any atom is -0.394 e. The summed E-state index contributed by atoms with van der Waals surface area (Å²) in [6.07, 6.45) is 0.724. The average Bonchev–Trinajstić information content (AvgIpc) is 2.35. The Morgan fingerprint density at radius 1 is 1.39 bits per heavy atom. The third-order valence-corrected chi connectivity index (χ3v) is 3.62. The Kier molecular flexibility index (Phi) is 6.22. The van der Waals surface area contributed by atoms with Crippen LogP contribution in [0.2, 0.25) is 0 Å². The van der Waals surface area contributed by atoms with Gasteiger partial charge in [0.15, 0.2) is 0 Å². The fourth-order valence-corrected chi connectivity index (χ4v) is 2.50. The molecule has 0 saturated carbocycles. The molecule has 1 atom stereocenters. The van der Waals surface area contributed by atoms with Crippen molar-refractivity contribution in [3.05, 3.63) is 29.8 Å². The summed E-state index contributed by atoms with van der Waals surface area (Å²) in [5.74, 6) is -0.111. The average molecular weight is 267 g/mol. The van der Waals surface area contributed by atoms with Gasteiger partial charge in [-0.15, -0.1) is 11.8 Å². The molecule has 0 aromatic heterocycles. The maximum atomic E-state index is 12.1. The molecular formula is C14H21NO2S. The molecule has 0 aliphatic rings. The predicted octanol–water partition coefficient (Wildman–Crippen LogP) is 2.69. The fraction of sp³-hybridized carbons (Fsp3) is 0.500. The van der Waals surface area contributed by atoms with Crippen LogP contribution in [0.5, 0.6) is 0 Å². The van der Waals surface area contributed by atoms with Crippen molar-refractivity contribution >= 4 is 17.7 Å². The van der Waals surface area contributed by atoms with E-state index in [0.717, 1.165) is 11.3 Å². The number of aliphatic hydroxyl groups is 1. The molecule has 0 saturated heterocycles. The third kappa shape index (κ3) is 4.35. The highest BCUT2D eigenvalue weighted by atomic mass is 32.2. The maximum Gasteiger partial charge on any atom is 0.252 e. The van der Waals surface area contributed by atoms with Crippen LogP contribution in [0.25, 0.3) is 0 Å². The molecule has 0 spiro atoms.